The molecular weight excluding hydrogens is 318 g/mol. The molecule has 1 atom stereocenters. The van der Waals surface area contributed by atoms with Crippen LogP contribution >= 0.6 is 11.6 Å². The van der Waals surface area contributed by atoms with Gasteiger partial charge >= 0.3 is 0 Å². The Kier molecular flexibility index (Phi) is 5.60. The Bertz CT molecular complexity index is 633. The van der Waals surface area contributed by atoms with Gasteiger partial charge in [-0.25, -0.2) is 0 Å². The van der Waals surface area contributed by atoms with Crippen molar-refractivity contribution in [3.8, 4) is 0 Å². The lowest BCUT2D eigenvalue weighted by molar-refractivity contribution is -0.119. The molecule has 1 saturated heterocycles. The first kappa shape index (κ1) is 17.3. The molecule has 0 aromatic heterocycles. The Balaban J connectivity index is 2.16. The van der Waals surface area contributed by atoms with Gasteiger partial charge in [0.25, 0.3) is 5.91 Å². The fourth-order valence-electron chi connectivity index (χ4n) is 2.57. The van der Waals surface area contributed by atoms with Gasteiger partial charge in [-0.3, -0.25) is 14.4 Å². The highest BCUT2D eigenvalue weighted by atomic mass is 35.5. The number of carbonyl (C=O) groups excluding carboxylic acids is 3. The fraction of sp³-hybridized carbons (Fsp3) is 0.438. The van der Waals surface area contributed by atoms with Gasteiger partial charge in [0.2, 0.25) is 11.8 Å². The number of carbonyl (C=O) groups is 3. The zero-order chi connectivity index (χ0) is 17.0. The highest BCUT2D eigenvalue weighted by molar-refractivity contribution is 6.31. The molecule has 1 aliphatic rings. The molecule has 0 aliphatic carbocycles. The molecule has 0 unspecified atom stereocenters. The van der Waals surface area contributed by atoms with Crippen LogP contribution in [0.15, 0.2) is 18.2 Å². The van der Waals surface area contributed by atoms with Crippen LogP contribution in [0.4, 0.5) is 5.69 Å². The number of benzene rings is 1. The van der Waals surface area contributed by atoms with E-state index in [4.69, 9.17) is 11.6 Å². The molecule has 1 aliphatic heterocycles. The second-order valence-electron chi connectivity index (χ2n) is 5.53. The Labute approximate surface area is 140 Å². The van der Waals surface area contributed by atoms with E-state index in [1.807, 2.05) is 0 Å². The van der Waals surface area contributed by atoms with Crippen molar-refractivity contribution in [2.75, 3.05) is 18.4 Å². The number of anilines is 1. The third-order valence-corrected chi connectivity index (χ3v) is 3.93. The highest BCUT2D eigenvalue weighted by Crippen LogP contribution is 2.24. The molecule has 1 heterocycles. The van der Waals surface area contributed by atoms with Crippen molar-refractivity contribution < 1.29 is 14.4 Å². The molecule has 1 aromatic rings. The lowest BCUT2D eigenvalue weighted by Gasteiger charge is -2.19. The van der Waals surface area contributed by atoms with E-state index in [-0.39, 0.29) is 23.8 Å². The number of nitrogens with zero attached hydrogens (tertiary/aromatic N) is 1. The highest BCUT2D eigenvalue weighted by Gasteiger charge is 2.28. The molecular formula is C16H20ClN3O3. The third-order valence-electron chi connectivity index (χ3n) is 3.69. The summed E-state index contributed by atoms with van der Waals surface area (Å²) in [6.07, 6.45) is 1.03. The van der Waals surface area contributed by atoms with Crippen molar-refractivity contribution >= 4 is 35.0 Å². The first-order valence-electron chi connectivity index (χ1n) is 7.56. The fourth-order valence-corrected chi connectivity index (χ4v) is 2.74. The van der Waals surface area contributed by atoms with E-state index in [9.17, 15) is 14.4 Å². The largest absolute Gasteiger partial charge is 0.352 e. The number of halogens is 1. The molecule has 2 N–H and O–H groups in total. The van der Waals surface area contributed by atoms with Gasteiger partial charge in [0.1, 0.15) is 0 Å². The number of likely N-dealkylation sites (tertiary alicyclic amines) is 1. The van der Waals surface area contributed by atoms with E-state index < -0.39 is 0 Å². The molecule has 23 heavy (non-hydrogen) atoms. The molecule has 0 spiro atoms. The van der Waals surface area contributed by atoms with Crippen LogP contribution in [0.1, 0.15) is 37.0 Å². The Morgan fingerprint density at radius 2 is 2.09 bits per heavy atom. The van der Waals surface area contributed by atoms with Crippen LogP contribution in [0.25, 0.3) is 0 Å². The van der Waals surface area contributed by atoms with Gasteiger partial charge in [-0.05, 0) is 24.6 Å². The number of nitrogens with one attached hydrogen (secondary N) is 2. The minimum absolute atomic E-state index is 0.0302. The third kappa shape index (κ3) is 4.45. The van der Waals surface area contributed by atoms with Crippen LogP contribution in [-0.4, -0.2) is 41.8 Å². The first-order valence-corrected chi connectivity index (χ1v) is 7.94. The maximum atomic E-state index is 12.7. The van der Waals surface area contributed by atoms with Crippen molar-refractivity contribution in [3.05, 3.63) is 28.8 Å². The van der Waals surface area contributed by atoms with Gasteiger partial charge in [0.05, 0.1) is 11.3 Å². The van der Waals surface area contributed by atoms with Gasteiger partial charge < -0.3 is 15.5 Å². The number of hydrogen-bond donors (Lipinski definition) is 2. The minimum Gasteiger partial charge on any atom is -0.352 e. The summed E-state index contributed by atoms with van der Waals surface area (Å²) < 4.78 is 0. The summed E-state index contributed by atoms with van der Waals surface area (Å²) >= 11 is 5.96. The molecule has 1 aromatic carbocycles. The topological polar surface area (TPSA) is 78.5 Å². The monoisotopic (exact) mass is 337 g/mol. The summed E-state index contributed by atoms with van der Waals surface area (Å²) in [7, 11) is 0. The van der Waals surface area contributed by atoms with E-state index in [2.05, 4.69) is 10.6 Å². The molecule has 2 rings (SSSR count). The number of rotatable bonds is 4. The predicted molar refractivity (Wildman–Crippen MR) is 88.5 cm³/mol. The van der Waals surface area contributed by atoms with Crippen LogP contribution in [-0.2, 0) is 9.59 Å². The van der Waals surface area contributed by atoms with E-state index >= 15 is 0 Å². The van der Waals surface area contributed by atoms with Crippen molar-refractivity contribution in [2.45, 2.75) is 32.7 Å². The molecule has 0 saturated carbocycles. The van der Waals surface area contributed by atoms with Gasteiger partial charge in [0.15, 0.2) is 0 Å². The number of amides is 3. The zero-order valence-electron chi connectivity index (χ0n) is 13.2. The summed E-state index contributed by atoms with van der Waals surface area (Å²) in [5.41, 5.74) is 0.817. The Morgan fingerprint density at radius 1 is 1.35 bits per heavy atom. The van der Waals surface area contributed by atoms with Crippen LogP contribution in [0.2, 0.25) is 5.02 Å². The van der Waals surface area contributed by atoms with Gasteiger partial charge in [-0.2, -0.15) is 0 Å². The van der Waals surface area contributed by atoms with Crippen molar-refractivity contribution in [1.29, 1.82) is 0 Å². The second kappa shape index (κ2) is 7.46. The average Bonchev–Trinajstić information content (AvgIpc) is 2.94. The predicted octanol–water partition coefficient (Wildman–Crippen LogP) is 2.04. The Morgan fingerprint density at radius 3 is 2.74 bits per heavy atom. The van der Waals surface area contributed by atoms with E-state index in [1.54, 1.807) is 30.0 Å². The summed E-state index contributed by atoms with van der Waals surface area (Å²) in [5.74, 6) is -0.466. The molecule has 7 heteroatoms. The number of hydrogen-bond acceptors (Lipinski definition) is 3. The van der Waals surface area contributed by atoms with E-state index in [0.29, 0.717) is 35.8 Å². The first-order chi connectivity index (χ1) is 10.9. The summed E-state index contributed by atoms with van der Waals surface area (Å²) in [6, 6.07) is 4.78. The van der Waals surface area contributed by atoms with E-state index in [0.717, 1.165) is 6.42 Å². The Hall–Kier alpha value is -2.08. The van der Waals surface area contributed by atoms with Gasteiger partial charge in [-0.15, -0.1) is 0 Å². The standard InChI is InChI=1S/C16H20ClN3O3/c1-3-15(22)19-14-8-11(17)4-5-13(14)16(23)20-7-6-12(9-20)18-10(2)21/h4-5,8,12H,3,6-7,9H2,1-2H3,(H,18,21)(H,19,22)/t12-/m0/s1. The summed E-state index contributed by atoms with van der Waals surface area (Å²) in [4.78, 5) is 37.1. The van der Waals surface area contributed by atoms with Crippen molar-refractivity contribution in [2.24, 2.45) is 0 Å². The van der Waals surface area contributed by atoms with Crippen molar-refractivity contribution in [3.63, 3.8) is 0 Å². The van der Waals surface area contributed by atoms with Crippen LogP contribution in [0.3, 0.4) is 0 Å². The second-order valence-corrected chi connectivity index (χ2v) is 5.97. The van der Waals surface area contributed by atoms with Crippen LogP contribution < -0.4 is 10.6 Å². The maximum absolute atomic E-state index is 12.7. The SMILES string of the molecule is CCC(=O)Nc1cc(Cl)ccc1C(=O)N1CC[C@H](NC(C)=O)C1. The molecule has 6 nitrogen and oxygen atoms in total. The van der Waals surface area contributed by atoms with Gasteiger partial charge in [-0.1, -0.05) is 18.5 Å². The maximum Gasteiger partial charge on any atom is 0.256 e. The smallest absolute Gasteiger partial charge is 0.256 e. The molecule has 3 amide bonds. The summed E-state index contributed by atoms with van der Waals surface area (Å²) in [5, 5.41) is 5.98. The van der Waals surface area contributed by atoms with E-state index in [1.165, 1.54) is 6.92 Å². The summed E-state index contributed by atoms with van der Waals surface area (Å²) in [6.45, 7) is 4.22. The lowest BCUT2D eigenvalue weighted by Crippen LogP contribution is -2.37. The average molecular weight is 338 g/mol. The molecule has 0 radical (unpaired) electrons. The lowest BCUT2D eigenvalue weighted by atomic mass is 10.1. The quantitative estimate of drug-likeness (QED) is 0.882. The van der Waals surface area contributed by atoms with Gasteiger partial charge in [0, 0.05) is 37.5 Å². The minimum atomic E-state index is -0.182. The molecule has 1 fully saturated rings. The molecule has 0 bridgehead atoms. The normalized spacial score (nSPS) is 17.0. The molecule has 124 valence electrons. The zero-order valence-corrected chi connectivity index (χ0v) is 13.9. The van der Waals surface area contributed by atoms with Crippen LogP contribution in [0.5, 0.6) is 0 Å². The van der Waals surface area contributed by atoms with Crippen LogP contribution in [0, 0.1) is 0 Å². The van der Waals surface area contributed by atoms with Crippen molar-refractivity contribution in [1.82, 2.24) is 10.2 Å².